The van der Waals surface area contributed by atoms with Gasteiger partial charge in [-0.25, -0.2) is 4.79 Å². The molecule has 30 heavy (non-hydrogen) atoms. The fraction of sp³-hybridized carbons (Fsp3) is 0.250. The van der Waals surface area contributed by atoms with Crippen LogP contribution in [0.15, 0.2) is 53.6 Å². The first-order valence-electron chi connectivity index (χ1n) is 9.26. The second-order valence-electron chi connectivity index (χ2n) is 6.48. The Kier molecular flexibility index (Phi) is 7.41. The largest absolute Gasteiger partial charge is 0.423 e. The fourth-order valence-electron chi connectivity index (χ4n) is 2.75. The Morgan fingerprint density at radius 1 is 1.33 bits per heavy atom. The van der Waals surface area contributed by atoms with E-state index in [0.29, 0.717) is 17.4 Å². The third-order valence-corrected chi connectivity index (χ3v) is 4.51. The standard InChI is InChI=1S/C20H20N4O5S/c25-19(15-3-1-4-16(11-15)24(26)27)29-17-8-6-14(7-9-17)12-22-23-20(30)21-13-18-5-2-10-28-18/h1,3-4,6-9,11-12,18H,2,5,10,13H2,(H2,21,23,30)/b22-12+. The summed E-state index contributed by atoms with van der Waals surface area (Å²) in [7, 11) is 0. The molecule has 0 radical (unpaired) electrons. The minimum atomic E-state index is -0.676. The Morgan fingerprint density at radius 2 is 2.13 bits per heavy atom. The summed E-state index contributed by atoms with van der Waals surface area (Å²) in [5.74, 6) is -0.366. The zero-order chi connectivity index (χ0) is 21.3. The number of nitro groups is 1. The van der Waals surface area contributed by atoms with Crippen LogP contribution >= 0.6 is 12.2 Å². The van der Waals surface area contributed by atoms with Crippen molar-refractivity contribution in [3.05, 3.63) is 69.8 Å². The van der Waals surface area contributed by atoms with Gasteiger partial charge in [-0.3, -0.25) is 15.5 Å². The number of hydrogen-bond donors (Lipinski definition) is 2. The van der Waals surface area contributed by atoms with Gasteiger partial charge in [0.15, 0.2) is 5.11 Å². The molecule has 0 spiro atoms. The molecular formula is C20H20N4O5S. The van der Waals surface area contributed by atoms with Crippen LogP contribution < -0.4 is 15.5 Å². The van der Waals surface area contributed by atoms with Crippen molar-refractivity contribution < 1.29 is 19.2 Å². The monoisotopic (exact) mass is 428 g/mol. The molecule has 1 fully saturated rings. The third kappa shape index (κ3) is 6.33. The predicted molar refractivity (Wildman–Crippen MR) is 115 cm³/mol. The fourth-order valence-corrected chi connectivity index (χ4v) is 2.89. The Bertz CT molecular complexity index is 942. The van der Waals surface area contributed by atoms with Crippen molar-refractivity contribution in [2.45, 2.75) is 18.9 Å². The number of nitrogens with zero attached hydrogens (tertiary/aromatic N) is 2. The van der Waals surface area contributed by atoms with E-state index in [1.807, 2.05) is 0 Å². The van der Waals surface area contributed by atoms with E-state index in [4.69, 9.17) is 21.7 Å². The number of hydrogen-bond acceptors (Lipinski definition) is 7. The summed E-state index contributed by atoms with van der Waals surface area (Å²) in [5, 5.41) is 18.3. The van der Waals surface area contributed by atoms with E-state index >= 15 is 0 Å². The van der Waals surface area contributed by atoms with Gasteiger partial charge in [-0.1, -0.05) is 6.07 Å². The molecule has 0 saturated carbocycles. The average molecular weight is 428 g/mol. The van der Waals surface area contributed by atoms with Crippen LogP contribution in [-0.2, 0) is 4.74 Å². The van der Waals surface area contributed by atoms with Gasteiger partial charge in [0.1, 0.15) is 5.75 Å². The van der Waals surface area contributed by atoms with Crippen molar-refractivity contribution in [2.75, 3.05) is 13.2 Å². The summed E-state index contributed by atoms with van der Waals surface area (Å²) in [6, 6.07) is 12.0. The highest BCUT2D eigenvalue weighted by Crippen LogP contribution is 2.17. The van der Waals surface area contributed by atoms with Crippen LogP contribution in [-0.4, -0.2) is 41.5 Å². The van der Waals surface area contributed by atoms with Gasteiger partial charge in [0.05, 0.1) is 22.8 Å². The minimum Gasteiger partial charge on any atom is -0.423 e. The molecule has 2 aromatic rings. The average Bonchev–Trinajstić information content (AvgIpc) is 3.27. The summed E-state index contributed by atoms with van der Waals surface area (Å²) < 4.78 is 10.8. The lowest BCUT2D eigenvalue weighted by Gasteiger charge is -2.11. The predicted octanol–water partition coefficient (Wildman–Crippen LogP) is 2.79. The van der Waals surface area contributed by atoms with Crippen LogP contribution in [0.25, 0.3) is 0 Å². The van der Waals surface area contributed by atoms with Crippen LogP contribution in [0.4, 0.5) is 5.69 Å². The molecule has 2 N–H and O–H groups in total. The SMILES string of the molecule is O=C(Oc1ccc(/C=N/NC(=S)NCC2CCCO2)cc1)c1cccc([N+](=O)[O-])c1. The summed E-state index contributed by atoms with van der Waals surface area (Å²) in [6.45, 7) is 1.44. The number of carbonyl (C=O) groups excluding carboxylic acids is 1. The molecule has 0 amide bonds. The minimum absolute atomic E-state index is 0.100. The van der Waals surface area contributed by atoms with Gasteiger partial charge in [0.2, 0.25) is 0 Å². The van der Waals surface area contributed by atoms with Crippen molar-refractivity contribution in [2.24, 2.45) is 5.10 Å². The molecule has 0 bridgehead atoms. The van der Waals surface area contributed by atoms with Crippen molar-refractivity contribution in [1.82, 2.24) is 10.7 Å². The number of esters is 1. The number of non-ortho nitro benzene ring substituents is 1. The zero-order valence-corrected chi connectivity index (χ0v) is 16.8. The zero-order valence-electron chi connectivity index (χ0n) is 15.9. The lowest BCUT2D eigenvalue weighted by Crippen LogP contribution is -2.37. The lowest BCUT2D eigenvalue weighted by atomic mass is 10.2. The highest BCUT2D eigenvalue weighted by molar-refractivity contribution is 7.80. The van der Waals surface area contributed by atoms with Gasteiger partial charge in [-0.15, -0.1) is 0 Å². The van der Waals surface area contributed by atoms with E-state index < -0.39 is 10.9 Å². The van der Waals surface area contributed by atoms with Crippen molar-refractivity contribution in [1.29, 1.82) is 0 Å². The van der Waals surface area contributed by atoms with Gasteiger partial charge >= 0.3 is 5.97 Å². The number of nitro benzene ring substituents is 1. The van der Waals surface area contributed by atoms with Crippen LogP contribution in [0, 0.1) is 10.1 Å². The number of ether oxygens (including phenoxy) is 2. The van der Waals surface area contributed by atoms with Gasteiger partial charge in [0, 0.05) is 25.3 Å². The van der Waals surface area contributed by atoms with Crippen molar-refractivity contribution >= 4 is 35.2 Å². The van der Waals surface area contributed by atoms with Gasteiger partial charge in [-0.2, -0.15) is 5.10 Å². The number of hydrazone groups is 1. The lowest BCUT2D eigenvalue weighted by molar-refractivity contribution is -0.384. The molecule has 3 rings (SSSR count). The smallest absolute Gasteiger partial charge is 0.343 e. The van der Waals surface area contributed by atoms with Crippen LogP contribution in [0.2, 0.25) is 0 Å². The quantitative estimate of drug-likeness (QED) is 0.173. The first kappa shape index (κ1) is 21.3. The molecule has 1 aliphatic heterocycles. The first-order chi connectivity index (χ1) is 14.5. The number of nitrogens with one attached hydrogen (secondary N) is 2. The number of thiocarbonyl (C=S) groups is 1. The van der Waals surface area contributed by atoms with E-state index in [0.717, 1.165) is 25.0 Å². The van der Waals surface area contributed by atoms with E-state index in [1.54, 1.807) is 30.5 Å². The number of benzene rings is 2. The summed E-state index contributed by atoms with van der Waals surface area (Å²) >= 11 is 5.15. The van der Waals surface area contributed by atoms with Crippen LogP contribution in [0.3, 0.4) is 0 Å². The van der Waals surface area contributed by atoms with E-state index in [-0.39, 0.29) is 17.4 Å². The maximum absolute atomic E-state index is 12.2. The molecule has 1 unspecified atom stereocenters. The molecular weight excluding hydrogens is 408 g/mol. The van der Waals surface area contributed by atoms with Crippen LogP contribution in [0.5, 0.6) is 5.75 Å². The molecule has 1 aliphatic rings. The molecule has 10 heteroatoms. The molecule has 9 nitrogen and oxygen atoms in total. The van der Waals surface area contributed by atoms with Crippen LogP contribution in [0.1, 0.15) is 28.8 Å². The molecule has 2 aromatic carbocycles. The highest BCUT2D eigenvalue weighted by atomic mass is 32.1. The summed E-state index contributed by atoms with van der Waals surface area (Å²) in [5.41, 5.74) is 3.42. The van der Waals surface area contributed by atoms with E-state index in [2.05, 4.69) is 15.8 Å². The Balaban J connectivity index is 1.47. The molecule has 0 aliphatic carbocycles. The molecule has 156 valence electrons. The highest BCUT2D eigenvalue weighted by Gasteiger charge is 2.15. The number of carbonyl (C=O) groups is 1. The molecule has 1 saturated heterocycles. The van der Waals surface area contributed by atoms with Gasteiger partial charge in [-0.05, 0) is 61.0 Å². The molecule has 1 atom stereocenters. The summed E-state index contributed by atoms with van der Waals surface area (Å²) in [6.07, 6.45) is 3.86. The first-order valence-corrected chi connectivity index (χ1v) is 9.67. The third-order valence-electron chi connectivity index (χ3n) is 4.28. The summed E-state index contributed by atoms with van der Waals surface area (Å²) in [4.78, 5) is 22.4. The second kappa shape index (κ2) is 10.4. The van der Waals surface area contributed by atoms with E-state index in [1.165, 1.54) is 24.3 Å². The topological polar surface area (TPSA) is 115 Å². The van der Waals surface area contributed by atoms with Gasteiger partial charge in [0.25, 0.3) is 5.69 Å². The molecule has 1 heterocycles. The maximum Gasteiger partial charge on any atom is 0.343 e. The van der Waals surface area contributed by atoms with Crippen molar-refractivity contribution in [3.8, 4) is 5.75 Å². The Hall–Kier alpha value is -3.37. The molecule has 0 aromatic heterocycles. The van der Waals surface area contributed by atoms with Crippen molar-refractivity contribution in [3.63, 3.8) is 0 Å². The Morgan fingerprint density at radius 3 is 2.83 bits per heavy atom. The Labute approximate surface area is 178 Å². The normalized spacial score (nSPS) is 15.7. The second-order valence-corrected chi connectivity index (χ2v) is 6.89. The number of rotatable bonds is 7. The van der Waals surface area contributed by atoms with Gasteiger partial charge < -0.3 is 14.8 Å². The van der Waals surface area contributed by atoms with E-state index in [9.17, 15) is 14.9 Å². The maximum atomic E-state index is 12.2.